The summed E-state index contributed by atoms with van der Waals surface area (Å²) < 4.78 is 15.1. The second kappa shape index (κ2) is 27.6. The normalized spacial score (nSPS) is 11.7. The largest absolute Gasteiger partial charge is 0.309 e. The van der Waals surface area contributed by atoms with Crippen LogP contribution in [0.4, 0.5) is 0 Å². The number of nitrogens with zero attached hydrogens (tertiary/aromatic N) is 6. The van der Waals surface area contributed by atoms with Gasteiger partial charge in [0.15, 0.2) is 7.14 Å². The number of rotatable bonds is 11. The summed E-state index contributed by atoms with van der Waals surface area (Å²) in [5.41, 5.74) is 20.9. The monoisotopic (exact) mass is 1420 g/mol. The van der Waals surface area contributed by atoms with Gasteiger partial charge < -0.3 is 4.57 Å². The molecule has 0 aliphatic carbocycles. The summed E-state index contributed by atoms with van der Waals surface area (Å²) in [6, 6.07) is 136. The molecule has 514 valence electrons. The maximum Gasteiger partial charge on any atom is 0.171 e. The summed E-state index contributed by atoms with van der Waals surface area (Å²) in [5, 5.41) is 16.2. The third kappa shape index (κ3) is 11.3. The van der Waals surface area contributed by atoms with E-state index in [-0.39, 0.29) is 0 Å². The van der Waals surface area contributed by atoms with Crippen molar-refractivity contribution in [1.82, 2.24) is 29.9 Å². The van der Waals surface area contributed by atoms with Crippen molar-refractivity contribution in [3.05, 3.63) is 394 Å². The first-order valence-corrected chi connectivity index (χ1v) is 38.8. The van der Waals surface area contributed by atoms with Crippen LogP contribution in [0.3, 0.4) is 0 Å². The van der Waals surface area contributed by atoms with E-state index in [0.29, 0.717) is 0 Å². The SMILES string of the molecule is O=P(c1ccccc1)(c1ccccc1)c1ccc(-c2ccccc2-c2nc3ccccc3c3c2ccc2nc(-c4ccccc4)c(-c4ccccc4)nc23)cc1.c1ccc(-c2nc3ccc4c(-c5ccccc5-c5ccc6c7ccccc7c7ccccc7c6c5)nc5ccccc5c4c3nc2-c2ccccc2)cc1. The van der Waals surface area contributed by atoms with Gasteiger partial charge in [0, 0.05) is 81.6 Å². The fraction of sp³-hybridized carbons (Fsp3) is 0. The summed E-state index contributed by atoms with van der Waals surface area (Å²) in [6.07, 6.45) is 0. The molecule has 0 aliphatic heterocycles. The van der Waals surface area contributed by atoms with Gasteiger partial charge in [0.25, 0.3) is 0 Å². The Morgan fingerprint density at radius 1 is 0.173 bits per heavy atom. The van der Waals surface area contributed by atoms with Crippen LogP contribution >= 0.6 is 7.14 Å². The van der Waals surface area contributed by atoms with Crippen LogP contribution in [-0.2, 0) is 4.57 Å². The van der Waals surface area contributed by atoms with Gasteiger partial charge in [-0.25, -0.2) is 29.9 Å². The van der Waals surface area contributed by atoms with Crippen LogP contribution in [0.1, 0.15) is 0 Å². The minimum Gasteiger partial charge on any atom is -0.309 e. The van der Waals surface area contributed by atoms with Crippen molar-refractivity contribution >= 4 is 121 Å². The van der Waals surface area contributed by atoms with E-state index < -0.39 is 7.14 Å². The number of fused-ring (bicyclic) bond motifs is 16. The van der Waals surface area contributed by atoms with E-state index in [1.165, 1.54) is 32.3 Å². The topological polar surface area (TPSA) is 94.4 Å². The number of hydrogen-bond acceptors (Lipinski definition) is 7. The van der Waals surface area contributed by atoms with Gasteiger partial charge >= 0.3 is 0 Å². The summed E-state index contributed by atoms with van der Waals surface area (Å²) >= 11 is 0. The first-order valence-electron chi connectivity index (χ1n) is 37.1. The van der Waals surface area contributed by atoms with Gasteiger partial charge in [0.05, 0.1) is 67.3 Å². The highest BCUT2D eigenvalue weighted by atomic mass is 31.2. The van der Waals surface area contributed by atoms with Gasteiger partial charge in [0.2, 0.25) is 0 Å². The molecule has 0 radical (unpaired) electrons. The summed E-state index contributed by atoms with van der Waals surface area (Å²) in [7, 11) is -3.12. The molecule has 0 N–H and O–H groups in total. The zero-order chi connectivity index (χ0) is 73.1. The molecule has 0 saturated heterocycles. The second-order valence-corrected chi connectivity index (χ2v) is 30.5. The minimum absolute atomic E-state index is 0.791. The molecule has 17 aromatic carbocycles. The molecule has 4 heterocycles. The second-order valence-electron chi connectivity index (χ2n) is 27.7. The van der Waals surface area contributed by atoms with Crippen molar-refractivity contribution in [3.63, 3.8) is 0 Å². The van der Waals surface area contributed by atoms with Crippen molar-refractivity contribution in [2.75, 3.05) is 0 Å². The molecule has 0 amide bonds. The molecule has 7 nitrogen and oxygen atoms in total. The third-order valence-corrected chi connectivity index (χ3v) is 24.5. The molecule has 0 aliphatic rings. The first-order chi connectivity index (χ1) is 54.5. The molecule has 21 aromatic rings. The number of pyridine rings is 2. The average Bonchev–Trinajstić information content (AvgIpc) is 0.730. The highest BCUT2D eigenvalue weighted by molar-refractivity contribution is 7.85. The van der Waals surface area contributed by atoms with Crippen molar-refractivity contribution in [2.24, 2.45) is 0 Å². The van der Waals surface area contributed by atoms with Crippen LogP contribution in [0.15, 0.2) is 394 Å². The highest BCUT2D eigenvalue weighted by Gasteiger charge is 2.30. The number of hydrogen-bond donors (Lipinski definition) is 0. The van der Waals surface area contributed by atoms with E-state index in [1.807, 2.05) is 127 Å². The van der Waals surface area contributed by atoms with Crippen LogP contribution in [0.2, 0.25) is 0 Å². The van der Waals surface area contributed by atoms with E-state index in [9.17, 15) is 0 Å². The Hall–Kier alpha value is -14.2. The Morgan fingerprint density at radius 2 is 0.455 bits per heavy atom. The number of aromatic nitrogens is 6. The maximum absolute atomic E-state index is 15.1. The van der Waals surface area contributed by atoms with Crippen molar-refractivity contribution < 1.29 is 4.57 Å². The van der Waals surface area contributed by atoms with Gasteiger partial charge in [-0.15, -0.1) is 0 Å². The molecule has 110 heavy (non-hydrogen) atoms. The Balaban J connectivity index is 0.000000144. The van der Waals surface area contributed by atoms with Crippen LogP contribution in [0.5, 0.6) is 0 Å². The van der Waals surface area contributed by atoms with Crippen LogP contribution in [-0.4, -0.2) is 29.9 Å². The molecule has 0 unspecified atom stereocenters. The van der Waals surface area contributed by atoms with Crippen LogP contribution in [0.25, 0.3) is 188 Å². The molecule has 0 saturated carbocycles. The lowest BCUT2D eigenvalue weighted by Gasteiger charge is -2.20. The molecule has 0 bridgehead atoms. The van der Waals surface area contributed by atoms with Gasteiger partial charge in [-0.2, -0.15) is 0 Å². The predicted molar refractivity (Wildman–Crippen MR) is 460 cm³/mol. The smallest absolute Gasteiger partial charge is 0.171 e. The van der Waals surface area contributed by atoms with E-state index in [4.69, 9.17) is 29.9 Å². The van der Waals surface area contributed by atoms with Gasteiger partial charge in [-0.05, 0) is 97.0 Å². The molecular formula is C102H65N6OP. The Labute approximate surface area is 635 Å². The quantitative estimate of drug-likeness (QED) is 0.0940. The Kier molecular flexibility index (Phi) is 16.4. The summed E-state index contributed by atoms with van der Waals surface area (Å²) in [6.45, 7) is 0. The average molecular weight is 1420 g/mol. The first kappa shape index (κ1) is 65.3. The minimum atomic E-state index is -3.12. The molecular weight excluding hydrogens is 1360 g/mol. The van der Waals surface area contributed by atoms with Gasteiger partial charge in [0.1, 0.15) is 0 Å². The maximum atomic E-state index is 15.1. The van der Waals surface area contributed by atoms with E-state index in [2.05, 4.69) is 267 Å². The zero-order valence-corrected chi connectivity index (χ0v) is 60.5. The molecule has 8 heteroatoms. The highest BCUT2D eigenvalue weighted by Crippen LogP contribution is 2.47. The van der Waals surface area contributed by atoms with Crippen LogP contribution < -0.4 is 15.9 Å². The van der Waals surface area contributed by atoms with E-state index >= 15 is 4.57 Å². The third-order valence-electron chi connectivity index (χ3n) is 21.4. The number of para-hydroxylation sites is 2. The molecule has 21 rings (SSSR count). The lowest BCUT2D eigenvalue weighted by atomic mass is 9.89. The summed E-state index contributed by atoms with van der Waals surface area (Å²) in [4.78, 5) is 32.4. The van der Waals surface area contributed by atoms with Crippen molar-refractivity contribution in [1.29, 1.82) is 0 Å². The number of benzene rings is 17. The fourth-order valence-electron chi connectivity index (χ4n) is 16.2. The standard InChI is InChI=1S/C51H34N3OP.C51H31N3/c55-56(38-21-9-3-10-22-38,39-23-11-4-12-24-39)40-31-29-35(30-32-40)41-25-13-14-26-42(41)50-44-33-34-46-51(47(44)43-27-15-16-28-45(43)52-50)54-49(37-19-7-2-8-20-37)48(53-46)36-17-5-1-6-18-36;1-3-15-32(16-4-1)48-49(33-17-5-2-6-18-33)54-51-46(53-48)30-29-43-47(51)42-25-13-14-26-45(42)52-50(43)41-24-12-7-19-35(41)34-27-28-40-38-22-9-8-20-36(38)37-21-10-11-23-39(37)44(40)31-34/h1-34H;1-31H. The summed E-state index contributed by atoms with van der Waals surface area (Å²) in [5.74, 6) is 0. The molecule has 0 atom stereocenters. The van der Waals surface area contributed by atoms with Crippen LogP contribution in [0, 0.1) is 0 Å². The lowest BCUT2D eigenvalue weighted by molar-refractivity contribution is 0.592. The fourth-order valence-corrected chi connectivity index (χ4v) is 18.9. The predicted octanol–water partition coefficient (Wildman–Crippen LogP) is 25.1. The van der Waals surface area contributed by atoms with E-state index in [0.717, 1.165) is 171 Å². The van der Waals surface area contributed by atoms with E-state index in [1.54, 1.807) is 0 Å². The van der Waals surface area contributed by atoms with Crippen molar-refractivity contribution in [2.45, 2.75) is 0 Å². The Bertz CT molecular complexity index is 7130. The molecule has 0 spiro atoms. The Morgan fingerprint density at radius 3 is 0.864 bits per heavy atom. The van der Waals surface area contributed by atoms with Crippen molar-refractivity contribution in [3.8, 4) is 89.8 Å². The molecule has 4 aromatic heterocycles. The van der Waals surface area contributed by atoms with Gasteiger partial charge in [-0.3, -0.25) is 0 Å². The lowest BCUT2D eigenvalue weighted by Crippen LogP contribution is -2.24. The van der Waals surface area contributed by atoms with Gasteiger partial charge in [-0.1, -0.05) is 352 Å². The zero-order valence-electron chi connectivity index (χ0n) is 59.6. The molecule has 0 fully saturated rings.